The van der Waals surface area contributed by atoms with Crippen LogP contribution in [-0.2, 0) is 9.59 Å². The molecule has 0 aliphatic heterocycles. The molecule has 1 aliphatic rings. The third kappa shape index (κ3) is 2.46. The van der Waals surface area contributed by atoms with Gasteiger partial charge >= 0.3 is 5.97 Å². The number of ketones is 1. The van der Waals surface area contributed by atoms with E-state index in [1.807, 2.05) is 0 Å². The standard InChI is InChI=1S/C14H13ClO3/c1-8-12(14(17)18)6-10(7-13(8)16)9-2-4-11(15)5-3-9/h2-5,7-8,12H,6H2,1H3,(H,17,18). The van der Waals surface area contributed by atoms with E-state index < -0.39 is 17.8 Å². The van der Waals surface area contributed by atoms with Gasteiger partial charge in [-0.15, -0.1) is 0 Å². The molecular weight excluding hydrogens is 252 g/mol. The van der Waals surface area contributed by atoms with Crippen LogP contribution in [0.4, 0.5) is 0 Å². The second-order valence-corrected chi connectivity index (χ2v) is 4.95. The summed E-state index contributed by atoms with van der Waals surface area (Å²) in [6.45, 7) is 1.66. The third-order valence-corrected chi connectivity index (χ3v) is 3.59. The van der Waals surface area contributed by atoms with Crippen molar-refractivity contribution in [3.05, 3.63) is 40.9 Å². The van der Waals surface area contributed by atoms with Crippen LogP contribution in [0, 0.1) is 11.8 Å². The number of carboxylic acid groups (broad SMARTS) is 1. The molecule has 2 rings (SSSR count). The zero-order valence-corrected chi connectivity index (χ0v) is 10.6. The Morgan fingerprint density at radius 3 is 2.50 bits per heavy atom. The van der Waals surface area contributed by atoms with Gasteiger partial charge in [0.05, 0.1) is 5.92 Å². The molecule has 2 atom stereocenters. The Balaban J connectivity index is 2.34. The molecule has 1 aromatic carbocycles. The predicted molar refractivity (Wildman–Crippen MR) is 69.3 cm³/mol. The summed E-state index contributed by atoms with van der Waals surface area (Å²) in [6, 6.07) is 7.07. The molecule has 0 radical (unpaired) electrons. The molecule has 0 spiro atoms. The van der Waals surface area contributed by atoms with Crippen molar-refractivity contribution in [3.8, 4) is 0 Å². The van der Waals surface area contributed by atoms with Crippen LogP contribution in [0.3, 0.4) is 0 Å². The van der Waals surface area contributed by atoms with Crippen LogP contribution in [0.5, 0.6) is 0 Å². The second kappa shape index (κ2) is 4.94. The van der Waals surface area contributed by atoms with E-state index in [1.165, 1.54) is 0 Å². The van der Waals surface area contributed by atoms with Crippen molar-refractivity contribution in [2.24, 2.45) is 11.8 Å². The molecule has 0 fully saturated rings. The van der Waals surface area contributed by atoms with Crippen LogP contribution in [-0.4, -0.2) is 16.9 Å². The lowest BCUT2D eigenvalue weighted by Gasteiger charge is -2.24. The minimum Gasteiger partial charge on any atom is -0.481 e. The number of allylic oxidation sites excluding steroid dienone is 2. The third-order valence-electron chi connectivity index (χ3n) is 3.34. The largest absolute Gasteiger partial charge is 0.481 e. The molecule has 2 unspecified atom stereocenters. The van der Waals surface area contributed by atoms with Gasteiger partial charge in [-0.2, -0.15) is 0 Å². The van der Waals surface area contributed by atoms with Gasteiger partial charge in [0, 0.05) is 10.9 Å². The molecule has 0 saturated heterocycles. The van der Waals surface area contributed by atoms with E-state index in [2.05, 4.69) is 0 Å². The van der Waals surface area contributed by atoms with Crippen molar-refractivity contribution in [1.82, 2.24) is 0 Å². The maximum Gasteiger partial charge on any atom is 0.307 e. The quantitative estimate of drug-likeness (QED) is 0.893. The summed E-state index contributed by atoms with van der Waals surface area (Å²) in [5, 5.41) is 9.75. The summed E-state index contributed by atoms with van der Waals surface area (Å²) in [6.07, 6.45) is 1.93. The Morgan fingerprint density at radius 2 is 1.94 bits per heavy atom. The highest BCUT2D eigenvalue weighted by Crippen LogP contribution is 2.33. The molecular formula is C14H13ClO3. The van der Waals surface area contributed by atoms with Gasteiger partial charge in [0.2, 0.25) is 0 Å². The van der Waals surface area contributed by atoms with Crippen molar-refractivity contribution in [1.29, 1.82) is 0 Å². The Bertz CT molecular complexity index is 516. The lowest BCUT2D eigenvalue weighted by molar-refractivity contribution is -0.145. The molecule has 94 valence electrons. The SMILES string of the molecule is CC1C(=O)C=C(c2ccc(Cl)cc2)CC1C(=O)O. The average Bonchev–Trinajstić information content (AvgIpc) is 2.33. The average molecular weight is 265 g/mol. The number of carboxylic acids is 1. The summed E-state index contributed by atoms with van der Waals surface area (Å²) in [4.78, 5) is 22.9. The van der Waals surface area contributed by atoms with Gasteiger partial charge in [0.15, 0.2) is 5.78 Å². The van der Waals surface area contributed by atoms with E-state index >= 15 is 0 Å². The highest BCUT2D eigenvalue weighted by Gasteiger charge is 2.33. The first-order valence-electron chi connectivity index (χ1n) is 5.72. The Labute approximate surface area is 110 Å². The van der Waals surface area contributed by atoms with Gasteiger partial charge in [-0.1, -0.05) is 30.7 Å². The van der Waals surface area contributed by atoms with Crippen LogP contribution in [0.1, 0.15) is 18.9 Å². The number of carbonyl (C=O) groups excluding carboxylic acids is 1. The maximum atomic E-state index is 11.8. The van der Waals surface area contributed by atoms with Crippen LogP contribution < -0.4 is 0 Å². The van der Waals surface area contributed by atoms with Gasteiger partial charge in [-0.25, -0.2) is 0 Å². The van der Waals surface area contributed by atoms with Crippen LogP contribution in [0.2, 0.25) is 5.02 Å². The lowest BCUT2D eigenvalue weighted by Crippen LogP contribution is -2.30. The van der Waals surface area contributed by atoms with Crippen molar-refractivity contribution < 1.29 is 14.7 Å². The molecule has 0 amide bonds. The monoisotopic (exact) mass is 264 g/mol. The highest BCUT2D eigenvalue weighted by molar-refractivity contribution is 6.30. The summed E-state index contributed by atoms with van der Waals surface area (Å²) in [5.41, 5.74) is 1.62. The van der Waals surface area contributed by atoms with Crippen molar-refractivity contribution >= 4 is 28.9 Å². The number of aliphatic carboxylic acids is 1. The fourth-order valence-corrected chi connectivity index (χ4v) is 2.27. The summed E-state index contributed by atoms with van der Waals surface area (Å²) in [5.74, 6) is -2.15. The smallest absolute Gasteiger partial charge is 0.307 e. The van der Waals surface area contributed by atoms with Gasteiger partial charge in [-0.3, -0.25) is 9.59 Å². The van der Waals surface area contributed by atoms with E-state index in [0.29, 0.717) is 11.4 Å². The second-order valence-electron chi connectivity index (χ2n) is 4.52. The van der Waals surface area contributed by atoms with E-state index in [1.54, 1.807) is 37.3 Å². The normalized spacial score (nSPS) is 23.7. The topological polar surface area (TPSA) is 54.4 Å². The van der Waals surface area contributed by atoms with E-state index in [9.17, 15) is 9.59 Å². The Morgan fingerprint density at radius 1 is 1.33 bits per heavy atom. The maximum absolute atomic E-state index is 11.8. The molecule has 0 aromatic heterocycles. The first-order chi connectivity index (χ1) is 8.49. The zero-order chi connectivity index (χ0) is 13.3. The van der Waals surface area contributed by atoms with Crippen LogP contribution in [0.15, 0.2) is 30.3 Å². The molecule has 1 N–H and O–H groups in total. The van der Waals surface area contributed by atoms with Crippen molar-refractivity contribution in [2.75, 3.05) is 0 Å². The van der Waals surface area contributed by atoms with Gasteiger partial charge in [-0.05, 0) is 35.8 Å². The van der Waals surface area contributed by atoms with Crippen LogP contribution >= 0.6 is 11.6 Å². The predicted octanol–water partition coefficient (Wildman–Crippen LogP) is 3.03. The molecule has 0 bridgehead atoms. The molecule has 0 heterocycles. The van der Waals surface area contributed by atoms with Gasteiger partial charge < -0.3 is 5.11 Å². The number of carbonyl (C=O) groups is 2. The number of hydrogen-bond donors (Lipinski definition) is 1. The van der Waals surface area contributed by atoms with Crippen molar-refractivity contribution in [3.63, 3.8) is 0 Å². The molecule has 1 aromatic rings. The van der Waals surface area contributed by atoms with Crippen LogP contribution in [0.25, 0.3) is 5.57 Å². The Hall–Kier alpha value is -1.61. The summed E-state index contributed by atoms with van der Waals surface area (Å²) in [7, 11) is 0. The molecule has 3 nitrogen and oxygen atoms in total. The Kier molecular flexibility index (Phi) is 3.53. The van der Waals surface area contributed by atoms with Gasteiger partial charge in [0.1, 0.15) is 0 Å². The van der Waals surface area contributed by atoms with E-state index in [-0.39, 0.29) is 5.78 Å². The number of halogens is 1. The first kappa shape index (κ1) is 12.8. The van der Waals surface area contributed by atoms with Gasteiger partial charge in [0.25, 0.3) is 0 Å². The summed E-state index contributed by atoms with van der Waals surface area (Å²) >= 11 is 5.80. The van der Waals surface area contributed by atoms with E-state index in [4.69, 9.17) is 16.7 Å². The first-order valence-corrected chi connectivity index (χ1v) is 6.10. The van der Waals surface area contributed by atoms with Crippen molar-refractivity contribution in [2.45, 2.75) is 13.3 Å². The fraction of sp³-hybridized carbons (Fsp3) is 0.286. The van der Waals surface area contributed by atoms with E-state index in [0.717, 1.165) is 11.1 Å². The molecule has 0 saturated carbocycles. The minimum atomic E-state index is -0.921. The molecule has 18 heavy (non-hydrogen) atoms. The molecule has 1 aliphatic carbocycles. The number of rotatable bonds is 2. The molecule has 4 heteroatoms. The number of benzene rings is 1. The highest BCUT2D eigenvalue weighted by atomic mass is 35.5. The summed E-state index contributed by atoms with van der Waals surface area (Å²) < 4.78 is 0. The minimum absolute atomic E-state index is 0.126. The lowest BCUT2D eigenvalue weighted by atomic mass is 9.78. The zero-order valence-electron chi connectivity index (χ0n) is 9.89. The fourth-order valence-electron chi connectivity index (χ4n) is 2.14. The number of hydrogen-bond acceptors (Lipinski definition) is 2.